The highest BCUT2D eigenvalue weighted by Crippen LogP contribution is 2.26. The molecule has 0 aliphatic heterocycles. The number of halogens is 1. The summed E-state index contributed by atoms with van der Waals surface area (Å²) in [5.74, 6) is 1.88. The molecule has 3 rings (SSSR count). The molecule has 3 aromatic rings. The number of thioether (sulfide) groups is 1. The van der Waals surface area contributed by atoms with Crippen LogP contribution in [0, 0.1) is 6.92 Å². The largest absolute Gasteiger partial charge is 0.411 e. The zero-order valence-electron chi connectivity index (χ0n) is 10.5. The molecule has 0 aliphatic rings. The van der Waals surface area contributed by atoms with Crippen molar-refractivity contribution in [2.75, 3.05) is 0 Å². The smallest absolute Gasteiger partial charge is 0.277 e. The fraction of sp³-hybridized carbons (Fsp3) is 0.154. The van der Waals surface area contributed by atoms with Crippen LogP contribution in [0.2, 0.25) is 5.02 Å². The van der Waals surface area contributed by atoms with Crippen LogP contribution in [-0.4, -0.2) is 15.4 Å². The van der Waals surface area contributed by atoms with Gasteiger partial charge in [-0.15, -0.1) is 10.2 Å². The molecule has 1 aromatic carbocycles. The van der Waals surface area contributed by atoms with Crippen molar-refractivity contribution in [1.29, 1.82) is 0 Å². The highest BCUT2D eigenvalue weighted by atomic mass is 35.5. The number of hydrogen-bond donors (Lipinski definition) is 0. The van der Waals surface area contributed by atoms with Crippen LogP contribution in [0.25, 0.3) is 11.5 Å². The second-order valence-corrected chi connectivity index (χ2v) is 5.46. The molecule has 0 unspecified atom stereocenters. The maximum absolute atomic E-state index is 5.84. The molecule has 0 radical (unpaired) electrons. The standard InChI is InChI=1S/C13H10ClN3O2S/c1-8-6-11(17-19-8)7-20-13-16-15-12(18-13)9-2-4-10(14)5-3-9/h2-6H,7H2,1H3. The topological polar surface area (TPSA) is 65.0 Å². The fourth-order valence-electron chi connectivity index (χ4n) is 1.60. The molecular formula is C13H10ClN3O2S. The Labute approximate surface area is 124 Å². The second-order valence-electron chi connectivity index (χ2n) is 4.10. The number of nitrogens with zero attached hydrogens (tertiary/aromatic N) is 3. The van der Waals surface area contributed by atoms with Crippen molar-refractivity contribution >= 4 is 23.4 Å². The maximum Gasteiger partial charge on any atom is 0.277 e. The molecule has 0 N–H and O–H groups in total. The maximum atomic E-state index is 5.84. The van der Waals surface area contributed by atoms with Gasteiger partial charge in [0.25, 0.3) is 5.22 Å². The van der Waals surface area contributed by atoms with Crippen LogP contribution < -0.4 is 0 Å². The van der Waals surface area contributed by atoms with Crippen LogP contribution in [-0.2, 0) is 5.75 Å². The van der Waals surface area contributed by atoms with E-state index < -0.39 is 0 Å². The molecule has 0 amide bonds. The summed E-state index contributed by atoms with van der Waals surface area (Å²) in [5, 5.41) is 13.1. The van der Waals surface area contributed by atoms with Gasteiger partial charge in [-0.05, 0) is 31.2 Å². The van der Waals surface area contributed by atoms with E-state index in [4.69, 9.17) is 20.5 Å². The third-order valence-corrected chi connectivity index (χ3v) is 3.62. The molecule has 2 heterocycles. The Bertz CT molecular complexity index is 708. The van der Waals surface area contributed by atoms with E-state index in [9.17, 15) is 0 Å². The van der Waals surface area contributed by atoms with Gasteiger partial charge in [0, 0.05) is 22.4 Å². The Morgan fingerprint density at radius 2 is 2.00 bits per heavy atom. The summed E-state index contributed by atoms with van der Waals surface area (Å²) in [6, 6.07) is 9.12. The lowest BCUT2D eigenvalue weighted by atomic mass is 10.2. The summed E-state index contributed by atoms with van der Waals surface area (Å²) < 4.78 is 10.6. The Morgan fingerprint density at radius 1 is 1.20 bits per heavy atom. The van der Waals surface area contributed by atoms with Gasteiger partial charge < -0.3 is 8.94 Å². The highest BCUT2D eigenvalue weighted by Gasteiger charge is 2.10. The summed E-state index contributed by atoms with van der Waals surface area (Å²) in [5.41, 5.74) is 1.68. The first-order valence-electron chi connectivity index (χ1n) is 5.85. The van der Waals surface area contributed by atoms with Crippen molar-refractivity contribution in [3.05, 3.63) is 46.8 Å². The molecule has 20 heavy (non-hydrogen) atoms. The molecule has 0 saturated heterocycles. The van der Waals surface area contributed by atoms with Crippen LogP contribution in [0.3, 0.4) is 0 Å². The van der Waals surface area contributed by atoms with Gasteiger partial charge >= 0.3 is 0 Å². The fourth-order valence-corrected chi connectivity index (χ4v) is 2.37. The van der Waals surface area contributed by atoms with E-state index in [1.165, 1.54) is 11.8 Å². The van der Waals surface area contributed by atoms with E-state index in [1.807, 2.05) is 25.1 Å². The van der Waals surface area contributed by atoms with Crippen LogP contribution >= 0.6 is 23.4 Å². The van der Waals surface area contributed by atoms with Gasteiger partial charge in [0.2, 0.25) is 5.89 Å². The number of aryl methyl sites for hydroxylation is 1. The van der Waals surface area contributed by atoms with Crippen molar-refractivity contribution in [1.82, 2.24) is 15.4 Å². The lowest BCUT2D eigenvalue weighted by molar-refractivity contribution is 0.392. The van der Waals surface area contributed by atoms with Gasteiger partial charge in [0.1, 0.15) is 5.76 Å². The molecule has 7 heteroatoms. The second kappa shape index (κ2) is 5.68. The SMILES string of the molecule is Cc1cc(CSc2nnc(-c3ccc(Cl)cc3)o2)no1. The number of aromatic nitrogens is 3. The van der Waals surface area contributed by atoms with Gasteiger partial charge in [-0.1, -0.05) is 28.5 Å². The van der Waals surface area contributed by atoms with Crippen molar-refractivity contribution in [2.45, 2.75) is 17.9 Å². The Morgan fingerprint density at radius 3 is 2.70 bits per heavy atom. The molecule has 2 aromatic heterocycles. The van der Waals surface area contributed by atoms with E-state index in [0.717, 1.165) is 17.0 Å². The molecule has 0 atom stereocenters. The molecular weight excluding hydrogens is 298 g/mol. The van der Waals surface area contributed by atoms with E-state index in [0.29, 0.717) is 21.9 Å². The molecule has 0 bridgehead atoms. The molecule has 0 spiro atoms. The third-order valence-electron chi connectivity index (χ3n) is 2.52. The minimum atomic E-state index is 0.473. The van der Waals surface area contributed by atoms with Crippen molar-refractivity contribution in [3.8, 4) is 11.5 Å². The molecule has 102 valence electrons. The lowest BCUT2D eigenvalue weighted by Crippen LogP contribution is -1.79. The van der Waals surface area contributed by atoms with E-state index >= 15 is 0 Å². The van der Waals surface area contributed by atoms with Crippen molar-refractivity contribution in [3.63, 3.8) is 0 Å². The minimum absolute atomic E-state index is 0.473. The van der Waals surface area contributed by atoms with Crippen LogP contribution in [0.1, 0.15) is 11.5 Å². The van der Waals surface area contributed by atoms with E-state index in [-0.39, 0.29) is 0 Å². The number of benzene rings is 1. The predicted molar refractivity (Wildman–Crippen MR) is 75.5 cm³/mol. The predicted octanol–water partition coefficient (Wildman–Crippen LogP) is 3.98. The number of hydrogen-bond acceptors (Lipinski definition) is 6. The molecule has 0 aliphatic carbocycles. The van der Waals surface area contributed by atoms with E-state index in [1.54, 1.807) is 12.1 Å². The minimum Gasteiger partial charge on any atom is -0.411 e. The monoisotopic (exact) mass is 307 g/mol. The Balaban J connectivity index is 1.69. The summed E-state index contributed by atoms with van der Waals surface area (Å²) >= 11 is 7.25. The first-order valence-corrected chi connectivity index (χ1v) is 7.21. The Kier molecular flexibility index (Phi) is 3.75. The normalized spacial score (nSPS) is 10.9. The summed E-state index contributed by atoms with van der Waals surface area (Å²) in [6.07, 6.45) is 0. The molecule has 5 nitrogen and oxygen atoms in total. The summed E-state index contributed by atoms with van der Waals surface area (Å²) in [7, 11) is 0. The van der Waals surface area contributed by atoms with Crippen molar-refractivity contribution in [2.24, 2.45) is 0 Å². The van der Waals surface area contributed by atoms with E-state index in [2.05, 4.69) is 15.4 Å². The zero-order chi connectivity index (χ0) is 13.9. The lowest BCUT2D eigenvalue weighted by Gasteiger charge is -1.94. The van der Waals surface area contributed by atoms with Gasteiger partial charge in [-0.3, -0.25) is 0 Å². The quantitative estimate of drug-likeness (QED) is 0.679. The van der Waals surface area contributed by atoms with Gasteiger partial charge in [-0.25, -0.2) is 0 Å². The van der Waals surface area contributed by atoms with Gasteiger partial charge in [0.15, 0.2) is 0 Å². The first-order chi connectivity index (χ1) is 9.70. The highest BCUT2D eigenvalue weighted by molar-refractivity contribution is 7.98. The van der Waals surface area contributed by atoms with Crippen LogP contribution in [0.4, 0.5) is 0 Å². The molecule has 0 saturated carbocycles. The van der Waals surface area contributed by atoms with Crippen LogP contribution in [0.5, 0.6) is 0 Å². The third kappa shape index (κ3) is 3.02. The van der Waals surface area contributed by atoms with Gasteiger partial charge in [-0.2, -0.15) is 0 Å². The van der Waals surface area contributed by atoms with Crippen LogP contribution in [0.15, 0.2) is 44.5 Å². The summed E-state index contributed by atoms with van der Waals surface area (Å²) in [4.78, 5) is 0. The average molecular weight is 308 g/mol. The first kappa shape index (κ1) is 13.2. The number of rotatable bonds is 4. The zero-order valence-corrected chi connectivity index (χ0v) is 12.1. The van der Waals surface area contributed by atoms with Gasteiger partial charge in [0.05, 0.1) is 5.69 Å². The van der Waals surface area contributed by atoms with Crippen molar-refractivity contribution < 1.29 is 8.94 Å². The Hall–Kier alpha value is -1.79. The summed E-state index contributed by atoms with van der Waals surface area (Å²) in [6.45, 7) is 1.85. The molecule has 0 fully saturated rings. The average Bonchev–Trinajstić information content (AvgIpc) is 3.06.